The summed E-state index contributed by atoms with van der Waals surface area (Å²) in [7, 11) is 0. The Bertz CT molecular complexity index is 662. The summed E-state index contributed by atoms with van der Waals surface area (Å²) in [6, 6.07) is 11.1. The summed E-state index contributed by atoms with van der Waals surface area (Å²) in [6.45, 7) is 0. The van der Waals surface area contributed by atoms with Gasteiger partial charge in [0.05, 0.1) is 11.3 Å². The maximum atomic E-state index is 12.8. The van der Waals surface area contributed by atoms with E-state index in [4.69, 9.17) is 0 Å². The average molecular weight is 241 g/mol. The Balaban J connectivity index is 2.09. The normalized spacial score (nSPS) is 13.4. The first-order valence-corrected chi connectivity index (χ1v) is 5.41. The number of hydrogen-bond donors (Lipinski definition) is 1. The molecule has 0 bridgehead atoms. The number of ketones is 1. The van der Waals surface area contributed by atoms with Gasteiger partial charge in [0.1, 0.15) is 5.82 Å². The molecule has 0 spiro atoms. The lowest BCUT2D eigenvalue weighted by Gasteiger charge is -2.03. The minimum atomic E-state index is -0.610. The Morgan fingerprint density at radius 3 is 2.28 bits per heavy atom. The second-order valence-corrected chi connectivity index (χ2v) is 4.05. The molecule has 18 heavy (non-hydrogen) atoms. The number of halogens is 1. The molecule has 1 aliphatic rings. The summed E-state index contributed by atoms with van der Waals surface area (Å²) in [6.07, 6.45) is 0. The zero-order valence-electron chi connectivity index (χ0n) is 9.24. The van der Waals surface area contributed by atoms with E-state index in [0.29, 0.717) is 11.3 Å². The van der Waals surface area contributed by atoms with E-state index in [1.165, 1.54) is 12.1 Å². The van der Waals surface area contributed by atoms with Crippen LogP contribution in [-0.2, 0) is 4.79 Å². The molecule has 1 aliphatic heterocycles. The molecule has 88 valence electrons. The number of rotatable bonds is 1. The molecule has 4 heteroatoms. The number of nitrogens with one attached hydrogen (secondary N) is 1. The molecule has 2 aromatic rings. The van der Waals surface area contributed by atoms with Crippen molar-refractivity contribution >= 4 is 17.4 Å². The van der Waals surface area contributed by atoms with Crippen LogP contribution in [0.1, 0.15) is 10.4 Å². The number of amides is 1. The van der Waals surface area contributed by atoms with E-state index in [0.717, 1.165) is 11.1 Å². The zero-order valence-corrected chi connectivity index (χ0v) is 9.24. The van der Waals surface area contributed by atoms with Crippen LogP contribution >= 0.6 is 0 Å². The smallest absolute Gasteiger partial charge is 0.296 e. The van der Waals surface area contributed by atoms with E-state index in [9.17, 15) is 14.0 Å². The summed E-state index contributed by atoms with van der Waals surface area (Å²) in [5.41, 5.74) is 2.46. The minimum Gasteiger partial charge on any atom is -0.318 e. The van der Waals surface area contributed by atoms with Gasteiger partial charge < -0.3 is 5.32 Å². The molecule has 3 rings (SSSR count). The molecule has 1 N–H and O–H groups in total. The molecule has 0 aliphatic carbocycles. The van der Waals surface area contributed by atoms with Crippen LogP contribution in [0.2, 0.25) is 0 Å². The van der Waals surface area contributed by atoms with Crippen LogP contribution in [-0.4, -0.2) is 11.7 Å². The van der Waals surface area contributed by atoms with Gasteiger partial charge >= 0.3 is 0 Å². The van der Waals surface area contributed by atoms with Gasteiger partial charge in [0, 0.05) is 0 Å². The second-order valence-electron chi connectivity index (χ2n) is 4.05. The molecule has 0 atom stereocenters. The summed E-state index contributed by atoms with van der Waals surface area (Å²) in [5.74, 6) is -1.46. The van der Waals surface area contributed by atoms with Crippen LogP contribution in [0.3, 0.4) is 0 Å². The monoisotopic (exact) mass is 241 g/mol. The quantitative estimate of drug-likeness (QED) is 0.780. The molecule has 0 saturated heterocycles. The fraction of sp³-hybridized carbons (Fsp3) is 0. The number of fused-ring (bicyclic) bond motifs is 1. The predicted molar refractivity (Wildman–Crippen MR) is 64.8 cm³/mol. The van der Waals surface area contributed by atoms with Gasteiger partial charge in [-0.3, -0.25) is 9.59 Å². The molecule has 0 radical (unpaired) electrons. The van der Waals surface area contributed by atoms with Gasteiger partial charge in [-0.15, -0.1) is 0 Å². The fourth-order valence-electron chi connectivity index (χ4n) is 1.96. The Morgan fingerprint density at radius 2 is 1.56 bits per heavy atom. The Labute approximate surface area is 102 Å². The lowest BCUT2D eigenvalue weighted by Crippen LogP contribution is -2.12. The highest BCUT2D eigenvalue weighted by Gasteiger charge is 2.27. The second kappa shape index (κ2) is 3.77. The van der Waals surface area contributed by atoms with Crippen molar-refractivity contribution < 1.29 is 14.0 Å². The third-order valence-corrected chi connectivity index (χ3v) is 2.90. The van der Waals surface area contributed by atoms with Crippen LogP contribution in [0.25, 0.3) is 11.1 Å². The number of anilines is 1. The topological polar surface area (TPSA) is 46.2 Å². The van der Waals surface area contributed by atoms with Gasteiger partial charge in [0.2, 0.25) is 0 Å². The first-order chi connectivity index (χ1) is 8.65. The average Bonchev–Trinajstić information content (AvgIpc) is 2.66. The van der Waals surface area contributed by atoms with Gasteiger partial charge in [-0.2, -0.15) is 0 Å². The highest BCUT2D eigenvalue weighted by Crippen LogP contribution is 2.29. The van der Waals surface area contributed by atoms with Gasteiger partial charge in [0.15, 0.2) is 0 Å². The van der Waals surface area contributed by atoms with Crippen LogP contribution in [0.5, 0.6) is 0 Å². The first-order valence-electron chi connectivity index (χ1n) is 5.41. The molecule has 2 aromatic carbocycles. The lowest BCUT2D eigenvalue weighted by molar-refractivity contribution is -0.112. The fourth-order valence-corrected chi connectivity index (χ4v) is 1.96. The van der Waals surface area contributed by atoms with Crippen molar-refractivity contribution in [1.29, 1.82) is 0 Å². The summed E-state index contributed by atoms with van der Waals surface area (Å²) in [5, 5.41) is 2.49. The Kier molecular flexibility index (Phi) is 2.23. The molecule has 3 nitrogen and oxygen atoms in total. The SMILES string of the molecule is O=C1Nc2ccc(-c3ccc(F)cc3)cc2C1=O. The minimum absolute atomic E-state index is 0.312. The van der Waals surface area contributed by atoms with E-state index < -0.39 is 11.7 Å². The summed E-state index contributed by atoms with van der Waals surface area (Å²) < 4.78 is 12.8. The van der Waals surface area contributed by atoms with Gasteiger partial charge in [-0.05, 0) is 35.4 Å². The third-order valence-electron chi connectivity index (χ3n) is 2.90. The standard InChI is InChI=1S/C14H8FNO2/c15-10-4-1-8(2-5-10)9-3-6-12-11(7-9)13(17)14(18)16-12/h1-7H,(H,16,17,18). The highest BCUT2D eigenvalue weighted by atomic mass is 19.1. The van der Waals surface area contributed by atoms with Crippen LogP contribution in [0.15, 0.2) is 42.5 Å². The van der Waals surface area contributed by atoms with Crippen molar-refractivity contribution in [2.75, 3.05) is 5.32 Å². The Morgan fingerprint density at radius 1 is 0.889 bits per heavy atom. The molecular formula is C14H8FNO2. The number of carbonyl (C=O) groups excluding carboxylic acids is 2. The molecule has 1 amide bonds. The molecule has 0 saturated carbocycles. The maximum Gasteiger partial charge on any atom is 0.296 e. The van der Waals surface area contributed by atoms with E-state index in [-0.39, 0.29) is 5.82 Å². The van der Waals surface area contributed by atoms with Crippen LogP contribution in [0, 0.1) is 5.82 Å². The Hall–Kier alpha value is -2.49. The summed E-state index contributed by atoms with van der Waals surface area (Å²) >= 11 is 0. The number of carbonyl (C=O) groups is 2. The molecule has 0 fully saturated rings. The third kappa shape index (κ3) is 1.59. The van der Waals surface area contributed by atoms with Crippen molar-refractivity contribution in [2.24, 2.45) is 0 Å². The van der Waals surface area contributed by atoms with E-state index in [1.807, 2.05) is 0 Å². The molecule has 0 unspecified atom stereocenters. The van der Waals surface area contributed by atoms with E-state index in [1.54, 1.807) is 30.3 Å². The van der Waals surface area contributed by atoms with Gasteiger partial charge in [-0.1, -0.05) is 18.2 Å². The molecule has 1 heterocycles. The zero-order chi connectivity index (χ0) is 12.7. The van der Waals surface area contributed by atoms with E-state index >= 15 is 0 Å². The lowest BCUT2D eigenvalue weighted by atomic mass is 10.0. The first kappa shape index (κ1) is 10.7. The number of benzene rings is 2. The highest BCUT2D eigenvalue weighted by molar-refractivity contribution is 6.51. The van der Waals surface area contributed by atoms with Crippen molar-refractivity contribution in [1.82, 2.24) is 0 Å². The molecular weight excluding hydrogens is 233 g/mol. The van der Waals surface area contributed by atoms with Gasteiger partial charge in [-0.25, -0.2) is 4.39 Å². The predicted octanol–water partition coefficient (Wildman–Crippen LogP) is 2.63. The van der Waals surface area contributed by atoms with Gasteiger partial charge in [0.25, 0.3) is 11.7 Å². The van der Waals surface area contributed by atoms with Crippen molar-refractivity contribution in [3.05, 3.63) is 53.8 Å². The van der Waals surface area contributed by atoms with Crippen molar-refractivity contribution in [3.63, 3.8) is 0 Å². The molecule has 0 aromatic heterocycles. The van der Waals surface area contributed by atoms with Crippen LogP contribution in [0.4, 0.5) is 10.1 Å². The number of hydrogen-bond acceptors (Lipinski definition) is 2. The van der Waals surface area contributed by atoms with E-state index in [2.05, 4.69) is 5.32 Å². The van der Waals surface area contributed by atoms with Crippen LogP contribution < -0.4 is 5.32 Å². The number of Topliss-reactive ketones (excluding diaryl/α,β-unsaturated/α-hetero) is 1. The largest absolute Gasteiger partial charge is 0.318 e. The van der Waals surface area contributed by atoms with Crippen molar-refractivity contribution in [3.8, 4) is 11.1 Å². The maximum absolute atomic E-state index is 12.8. The summed E-state index contributed by atoms with van der Waals surface area (Å²) in [4.78, 5) is 22.8. The van der Waals surface area contributed by atoms with Crippen molar-refractivity contribution in [2.45, 2.75) is 0 Å².